The van der Waals surface area contributed by atoms with Crippen molar-refractivity contribution in [3.63, 3.8) is 0 Å². The number of hydrogen-bond donors (Lipinski definition) is 2. The summed E-state index contributed by atoms with van der Waals surface area (Å²) < 4.78 is 0. The fraction of sp³-hybridized carbons (Fsp3) is 0.400. The molecule has 3 heteroatoms. The average molecular weight is 197 g/mol. The molecule has 0 saturated heterocycles. The number of para-hydroxylation sites is 1. The van der Waals surface area contributed by atoms with Gasteiger partial charge >= 0.3 is 0 Å². The van der Waals surface area contributed by atoms with E-state index >= 15 is 0 Å². The highest BCUT2D eigenvalue weighted by atomic mass is 32.2. The molecule has 13 heavy (non-hydrogen) atoms. The maximum atomic E-state index is 9.79. The molecular weight excluding hydrogens is 182 g/mol. The molecule has 0 spiro atoms. The quantitative estimate of drug-likeness (QED) is 0.732. The van der Waals surface area contributed by atoms with Crippen molar-refractivity contribution in [3.8, 4) is 5.75 Å². The molecule has 0 aliphatic heterocycles. The third-order valence-electron chi connectivity index (χ3n) is 2.09. The first kappa shape index (κ1) is 10.4. The maximum Gasteiger partial charge on any atom is 0.133 e. The second-order valence-corrected chi connectivity index (χ2v) is 3.76. The lowest BCUT2D eigenvalue weighted by molar-refractivity contribution is 0.447. The van der Waals surface area contributed by atoms with Crippen LogP contribution in [0.2, 0.25) is 0 Å². The summed E-state index contributed by atoms with van der Waals surface area (Å²) in [6, 6.07) is 5.64. The summed E-state index contributed by atoms with van der Waals surface area (Å²) in [5, 5.41) is 9.79. The van der Waals surface area contributed by atoms with Crippen LogP contribution in [0.5, 0.6) is 5.75 Å². The molecule has 0 unspecified atom stereocenters. The van der Waals surface area contributed by atoms with Gasteiger partial charge in [0.25, 0.3) is 0 Å². The lowest BCUT2D eigenvalue weighted by Crippen LogP contribution is -2.08. The fourth-order valence-corrected chi connectivity index (χ4v) is 1.75. The smallest absolute Gasteiger partial charge is 0.133 e. The predicted molar refractivity (Wildman–Crippen MR) is 57.1 cm³/mol. The third-order valence-corrected chi connectivity index (χ3v) is 2.86. The molecule has 0 radical (unpaired) electrons. The first-order valence-electron chi connectivity index (χ1n) is 4.32. The Morgan fingerprint density at radius 1 is 1.54 bits per heavy atom. The highest BCUT2D eigenvalue weighted by Gasteiger charge is 2.11. The zero-order valence-corrected chi connectivity index (χ0v) is 8.77. The molecule has 1 rings (SSSR count). The van der Waals surface area contributed by atoms with Gasteiger partial charge in [-0.1, -0.05) is 19.1 Å². The summed E-state index contributed by atoms with van der Waals surface area (Å²) >= 11 is 1.53. The van der Waals surface area contributed by atoms with Crippen LogP contribution in [-0.4, -0.2) is 11.4 Å². The molecule has 0 aromatic heterocycles. The molecule has 0 bridgehead atoms. The number of thioether (sulfide) groups is 1. The molecule has 0 aliphatic carbocycles. The molecule has 1 atom stereocenters. The maximum absolute atomic E-state index is 9.79. The van der Waals surface area contributed by atoms with Crippen LogP contribution in [0.4, 0.5) is 0 Å². The number of phenols is 1. The Balaban J connectivity index is 3.08. The Morgan fingerprint density at radius 3 is 2.77 bits per heavy atom. The fourth-order valence-electron chi connectivity index (χ4n) is 1.22. The normalized spacial score (nSPS) is 12.8. The molecule has 2 nitrogen and oxygen atoms in total. The summed E-state index contributed by atoms with van der Waals surface area (Å²) in [6.45, 7) is 2.01. The van der Waals surface area contributed by atoms with E-state index in [0.717, 1.165) is 16.9 Å². The Hall–Kier alpha value is -0.670. The highest BCUT2D eigenvalue weighted by molar-refractivity contribution is 7.98. The summed E-state index contributed by atoms with van der Waals surface area (Å²) in [5.41, 5.74) is 6.69. The Kier molecular flexibility index (Phi) is 3.63. The highest BCUT2D eigenvalue weighted by Crippen LogP contribution is 2.33. The molecule has 0 heterocycles. The first-order chi connectivity index (χ1) is 6.20. The van der Waals surface area contributed by atoms with E-state index in [4.69, 9.17) is 5.73 Å². The van der Waals surface area contributed by atoms with E-state index in [-0.39, 0.29) is 6.04 Å². The van der Waals surface area contributed by atoms with Crippen molar-refractivity contribution in [2.45, 2.75) is 24.3 Å². The van der Waals surface area contributed by atoms with Crippen molar-refractivity contribution in [3.05, 3.63) is 23.8 Å². The molecule has 0 amide bonds. The lowest BCUT2D eigenvalue weighted by atomic mass is 10.0. The van der Waals surface area contributed by atoms with Crippen molar-refractivity contribution in [2.24, 2.45) is 5.73 Å². The van der Waals surface area contributed by atoms with Crippen molar-refractivity contribution in [1.29, 1.82) is 0 Å². The SMILES string of the molecule is CC[C@@H](N)c1cccc(SC)c1O. The van der Waals surface area contributed by atoms with E-state index in [9.17, 15) is 5.11 Å². The first-order valence-corrected chi connectivity index (χ1v) is 5.54. The zero-order chi connectivity index (χ0) is 9.84. The molecule has 1 aromatic rings. The molecule has 0 aliphatic rings. The second kappa shape index (κ2) is 4.53. The van der Waals surface area contributed by atoms with Crippen molar-refractivity contribution in [1.82, 2.24) is 0 Å². The molecule has 0 saturated carbocycles. The molecule has 3 N–H and O–H groups in total. The minimum atomic E-state index is -0.0629. The number of rotatable bonds is 3. The van der Waals surface area contributed by atoms with Crippen molar-refractivity contribution in [2.75, 3.05) is 6.26 Å². The molecule has 72 valence electrons. The summed E-state index contributed by atoms with van der Waals surface area (Å²) in [4.78, 5) is 0.890. The number of nitrogens with two attached hydrogens (primary N) is 1. The van der Waals surface area contributed by atoms with Crippen molar-refractivity contribution >= 4 is 11.8 Å². The third kappa shape index (κ3) is 2.17. The van der Waals surface area contributed by atoms with Crippen LogP contribution in [0.15, 0.2) is 23.1 Å². The molecule has 0 fully saturated rings. The minimum Gasteiger partial charge on any atom is -0.506 e. The van der Waals surface area contributed by atoms with E-state index in [1.807, 2.05) is 31.4 Å². The van der Waals surface area contributed by atoms with Gasteiger partial charge in [0.1, 0.15) is 5.75 Å². The van der Waals surface area contributed by atoms with Crippen LogP contribution in [-0.2, 0) is 0 Å². The van der Waals surface area contributed by atoms with E-state index in [1.54, 1.807) is 0 Å². The Bertz CT molecular complexity index is 288. The van der Waals surface area contributed by atoms with Crippen LogP contribution in [0.3, 0.4) is 0 Å². The largest absolute Gasteiger partial charge is 0.506 e. The monoisotopic (exact) mass is 197 g/mol. The van der Waals surface area contributed by atoms with Crippen LogP contribution in [0.25, 0.3) is 0 Å². The number of benzene rings is 1. The lowest BCUT2D eigenvalue weighted by Gasteiger charge is -2.12. The van der Waals surface area contributed by atoms with Crippen LogP contribution in [0, 0.1) is 0 Å². The Morgan fingerprint density at radius 2 is 2.23 bits per heavy atom. The number of phenolic OH excluding ortho intramolecular Hbond substituents is 1. The summed E-state index contributed by atoms with van der Waals surface area (Å²) in [6.07, 6.45) is 2.78. The predicted octanol–water partition coefficient (Wildman–Crippen LogP) is 2.52. The van der Waals surface area contributed by atoms with Gasteiger partial charge in [-0.25, -0.2) is 0 Å². The van der Waals surface area contributed by atoms with Gasteiger partial charge < -0.3 is 10.8 Å². The summed E-state index contributed by atoms with van der Waals surface area (Å²) in [7, 11) is 0. The molecule has 1 aromatic carbocycles. The van der Waals surface area contributed by atoms with Gasteiger partial charge in [0.2, 0.25) is 0 Å². The van der Waals surface area contributed by atoms with E-state index < -0.39 is 0 Å². The second-order valence-electron chi connectivity index (χ2n) is 2.91. The van der Waals surface area contributed by atoms with Gasteiger partial charge in [-0.05, 0) is 18.7 Å². The Labute approximate surface area is 83.1 Å². The molecular formula is C10H15NOS. The van der Waals surface area contributed by atoms with Gasteiger partial charge in [0.05, 0.1) is 0 Å². The standard InChI is InChI=1S/C10H15NOS/c1-3-8(11)7-5-4-6-9(13-2)10(7)12/h4-6,8,12H,3,11H2,1-2H3/t8-/m1/s1. The van der Waals surface area contributed by atoms with E-state index in [1.165, 1.54) is 11.8 Å². The number of hydrogen-bond acceptors (Lipinski definition) is 3. The van der Waals surface area contributed by atoms with Crippen LogP contribution in [0.1, 0.15) is 24.9 Å². The van der Waals surface area contributed by atoms with Crippen LogP contribution < -0.4 is 5.73 Å². The number of aromatic hydroxyl groups is 1. The average Bonchev–Trinajstić information content (AvgIpc) is 2.17. The van der Waals surface area contributed by atoms with E-state index in [0.29, 0.717) is 5.75 Å². The van der Waals surface area contributed by atoms with Crippen molar-refractivity contribution < 1.29 is 5.11 Å². The van der Waals surface area contributed by atoms with Gasteiger partial charge in [0.15, 0.2) is 0 Å². The van der Waals surface area contributed by atoms with Gasteiger partial charge in [-0.15, -0.1) is 11.8 Å². The van der Waals surface area contributed by atoms with Gasteiger partial charge in [0, 0.05) is 16.5 Å². The zero-order valence-electron chi connectivity index (χ0n) is 7.95. The summed E-state index contributed by atoms with van der Waals surface area (Å²) in [5.74, 6) is 0.337. The van der Waals surface area contributed by atoms with Gasteiger partial charge in [-0.2, -0.15) is 0 Å². The van der Waals surface area contributed by atoms with E-state index in [2.05, 4.69) is 0 Å². The van der Waals surface area contributed by atoms with Crippen LogP contribution >= 0.6 is 11.8 Å². The topological polar surface area (TPSA) is 46.2 Å². The van der Waals surface area contributed by atoms with Gasteiger partial charge in [-0.3, -0.25) is 0 Å². The minimum absolute atomic E-state index is 0.0629.